The molecule has 0 aromatic heterocycles. The second-order valence-corrected chi connectivity index (χ2v) is 6.99. The number of fused-ring (bicyclic) bond motifs is 1. The molecule has 0 unspecified atom stereocenters. The Kier molecular flexibility index (Phi) is 6.98. The van der Waals surface area contributed by atoms with Crippen molar-refractivity contribution in [2.75, 3.05) is 13.2 Å². The SMILES string of the molecule is C=CC(=O)OCCCCCOc1cccc2c1CC(c1ccccc1C(F)(F)F)=C2. The first-order chi connectivity index (χ1) is 14.4. The quantitative estimate of drug-likeness (QED) is 0.282. The molecule has 6 heteroatoms. The molecule has 0 aliphatic heterocycles. The molecule has 3 nitrogen and oxygen atoms in total. The van der Waals surface area contributed by atoms with Gasteiger partial charge in [-0.1, -0.05) is 43.0 Å². The molecule has 0 heterocycles. The van der Waals surface area contributed by atoms with Crippen molar-refractivity contribution >= 4 is 17.6 Å². The lowest BCUT2D eigenvalue weighted by Crippen LogP contribution is -2.08. The van der Waals surface area contributed by atoms with E-state index in [0.717, 1.165) is 42.5 Å². The van der Waals surface area contributed by atoms with Crippen LogP contribution in [0, 0.1) is 0 Å². The van der Waals surface area contributed by atoms with Gasteiger partial charge in [0.1, 0.15) is 5.75 Å². The third-order valence-corrected chi connectivity index (χ3v) is 4.90. The van der Waals surface area contributed by atoms with Gasteiger partial charge in [-0.05, 0) is 48.1 Å². The van der Waals surface area contributed by atoms with Gasteiger partial charge in [0.05, 0.1) is 18.8 Å². The van der Waals surface area contributed by atoms with E-state index >= 15 is 0 Å². The highest BCUT2D eigenvalue weighted by Crippen LogP contribution is 2.41. The maximum Gasteiger partial charge on any atom is 0.416 e. The number of halogens is 3. The van der Waals surface area contributed by atoms with Crippen LogP contribution in [0.5, 0.6) is 5.75 Å². The first-order valence-corrected chi connectivity index (χ1v) is 9.81. The number of hydrogen-bond acceptors (Lipinski definition) is 3. The number of unbranched alkanes of at least 4 members (excludes halogenated alkanes) is 2. The van der Waals surface area contributed by atoms with Gasteiger partial charge in [0.15, 0.2) is 0 Å². The zero-order chi connectivity index (χ0) is 21.6. The molecule has 0 amide bonds. The molecule has 0 bridgehead atoms. The summed E-state index contributed by atoms with van der Waals surface area (Å²) >= 11 is 0. The van der Waals surface area contributed by atoms with Crippen LogP contribution in [0.1, 0.15) is 41.5 Å². The van der Waals surface area contributed by atoms with E-state index in [0.29, 0.717) is 31.0 Å². The lowest BCUT2D eigenvalue weighted by molar-refractivity contribution is -0.138. The molecule has 0 atom stereocenters. The fraction of sp³-hybridized carbons (Fsp3) is 0.292. The summed E-state index contributed by atoms with van der Waals surface area (Å²) in [6.07, 6.45) is 1.29. The van der Waals surface area contributed by atoms with Crippen molar-refractivity contribution in [2.24, 2.45) is 0 Å². The van der Waals surface area contributed by atoms with Gasteiger partial charge in [-0.25, -0.2) is 4.79 Å². The van der Waals surface area contributed by atoms with Gasteiger partial charge in [0.25, 0.3) is 0 Å². The summed E-state index contributed by atoms with van der Waals surface area (Å²) in [6, 6.07) is 11.2. The minimum Gasteiger partial charge on any atom is -0.493 e. The monoisotopic (exact) mass is 416 g/mol. The Morgan fingerprint density at radius 2 is 1.80 bits per heavy atom. The number of ether oxygens (including phenoxy) is 2. The summed E-state index contributed by atoms with van der Waals surface area (Å²) < 4.78 is 51.0. The zero-order valence-electron chi connectivity index (χ0n) is 16.5. The van der Waals surface area contributed by atoms with Crippen molar-refractivity contribution in [1.29, 1.82) is 0 Å². The molecule has 0 spiro atoms. The normalized spacial score (nSPS) is 12.8. The summed E-state index contributed by atoms with van der Waals surface area (Å²) in [5.74, 6) is 0.267. The fourth-order valence-corrected chi connectivity index (χ4v) is 3.45. The minimum absolute atomic E-state index is 0.209. The van der Waals surface area contributed by atoms with Crippen LogP contribution in [0.25, 0.3) is 11.6 Å². The van der Waals surface area contributed by atoms with E-state index in [1.807, 2.05) is 18.2 Å². The van der Waals surface area contributed by atoms with Crippen LogP contribution < -0.4 is 4.74 Å². The van der Waals surface area contributed by atoms with E-state index in [-0.39, 0.29) is 5.56 Å². The summed E-state index contributed by atoms with van der Waals surface area (Å²) in [5, 5.41) is 0. The van der Waals surface area contributed by atoms with Crippen molar-refractivity contribution in [1.82, 2.24) is 0 Å². The fourth-order valence-electron chi connectivity index (χ4n) is 3.45. The molecule has 0 fully saturated rings. The highest BCUT2D eigenvalue weighted by Gasteiger charge is 2.34. The number of rotatable bonds is 9. The lowest BCUT2D eigenvalue weighted by atomic mass is 9.97. The van der Waals surface area contributed by atoms with Crippen molar-refractivity contribution in [3.8, 4) is 5.75 Å². The third-order valence-electron chi connectivity index (χ3n) is 4.90. The van der Waals surface area contributed by atoms with E-state index in [1.165, 1.54) is 12.1 Å². The largest absolute Gasteiger partial charge is 0.493 e. The van der Waals surface area contributed by atoms with Gasteiger partial charge in [-0.15, -0.1) is 0 Å². The second-order valence-electron chi connectivity index (χ2n) is 6.99. The van der Waals surface area contributed by atoms with Crippen molar-refractivity contribution in [2.45, 2.75) is 31.9 Å². The number of alkyl halides is 3. The van der Waals surface area contributed by atoms with E-state index in [9.17, 15) is 18.0 Å². The lowest BCUT2D eigenvalue weighted by Gasteiger charge is -2.14. The van der Waals surface area contributed by atoms with Gasteiger partial charge in [0.2, 0.25) is 0 Å². The summed E-state index contributed by atoms with van der Waals surface area (Å²) in [5.41, 5.74) is 2.02. The maximum absolute atomic E-state index is 13.4. The molecule has 2 aromatic rings. The van der Waals surface area contributed by atoms with Gasteiger partial charge in [0, 0.05) is 18.1 Å². The molecule has 0 saturated carbocycles. The zero-order valence-corrected chi connectivity index (χ0v) is 16.5. The van der Waals surface area contributed by atoms with E-state index in [4.69, 9.17) is 9.47 Å². The molecule has 1 aliphatic carbocycles. The average Bonchev–Trinajstić information content (AvgIpc) is 3.17. The molecular weight excluding hydrogens is 393 g/mol. The van der Waals surface area contributed by atoms with Crippen molar-refractivity contribution < 1.29 is 27.4 Å². The number of allylic oxidation sites excluding steroid dienone is 1. The highest BCUT2D eigenvalue weighted by atomic mass is 19.4. The Bertz CT molecular complexity index is 945. The highest BCUT2D eigenvalue weighted by molar-refractivity contribution is 5.90. The summed E-state index contributed by atoms with van der Waals surface area (Å²) in [6.45, 7) is 4.17. The minimum atomic E-state index is -4.40. The van der Waals surface area contributed by atoms with Crippen LogP contribution in [-0.2, 0) is 22.1 Å². The number of carbonyl (C=O) groups is 1. The Labute approximate surface area is 173 Å². The van der Waals surface area contributed by atoms with Crippen molar-refractivity contribution in [3.63, 3.8) is 0 Å². The van der Waals surface area contributed by atoms with Crippen molar-refractivity contribution in [3.05, 3.63) is 77.4 Å². The van der Waals surface area contributed by atoms with Crippen LogP contribution in [0.15, 0.2) is 55.1 Å². The van der Waals surface area contributed by atoms with Crippen LogP contribution in [0.4, 0.5) is 13.2 Å². The molecular formula is C24H23F3O3. The summed E-state index contributed by atoms with van der Waals surface area (Å²) in [7, 11) is 0. The number of benzene rings is 2. The molecule has 0 radical (unpaired) electrons. The Morgan fingerprint density at radius 3 is 2.57 bits per heavy atom. The predicted molar refractivity (Wildman–Crippen MR) is 110 cm³/mol. The number of carbonyl (C=O) groups excluding carboxylic acids is 1. The molecule has 30 heavy (non-hydrogen) atoms. The standard InChI is InChI=1S/C24H23F3O3/c1-2-23(28)30-14-7-3-6-13-29-22-12-8-9-17-15-18(16-20(17)22)19-10-4-5-11-21(19)24(25,26)27/h2,4-5,8-12,15H,1,3,6-7,13-14,16H2. The molecule has 0 saturated heterocycles. The molecule has 2 aromatic carbocycles. The van der Waals surface area contributed by atoms with Gasteiger partial charge in [-0.3, -0.25) is 0 Å². The van der Waals surface area contributed by atoms with Crippen LogP contribution in [-0.4, -0.2) is 19.2 Å². The van der Waals surface area contributed by atoms with E-state index in [1.54, 1.807) is 12.1 Å². The molecule has 0 N–H and O–H groups in total. The van der Waals surface area contributed by atoms with Crippen LogP contribution >= 0.6 is 0 Å². The van der Waals surface area contributed by atoms with Gasteiger partial charge < -0.3 is 9.47 Å². The topological polar surface area (TPSA) is 35.5 Å². The maximum atomic E-state index is 13.4. The first-order valence-electron chi connectivity index (χ1n) is 9.81. The molecule has 3 rings (SSSR count). The Balaban J connectivity index is 1.59. The summed E-state index contributed by atoms with van der Waals surface area (Å²) in [4.78, 5) is 11.0. The van der Waals surface area contributed by atoms with Crippen LogP contribution in [0.3, 0.4) is 0 Å². The van der Waals surface area contributed by atoms with E-state index in [2.05, 4.69) is 6.58 Å². The van der Waals surface area contributed by atoms with Gasteiger partial charge in [-0.2, -0.15) is 13.2 Å². The smallest absolute Gasteiger partial charge is 0.416 e. The van der Waals surface area contributed by atoms with E-state index < -0.39 is 17.7 Å². The third kappa shape index (κ3) is 5.32. The van der Waals surface area contributed by atoms with Gasteiger partial charge >= 0.3 is 12.1 Å². The Morgan fingerprint density at radius 1 is 1.03 bits per heavy atom. The predicted octanol–water partition coefficient (Wildman–Crippen LogP) is 6.08. The molecule has 158 valence electrons. The first kappa shape index (κ1) is 21.7. The molecule has 1 aliphatic rings. The second kappa shape index (κ2) is 9.65. The average molecular weight is 416 g/mol. The number of hydrogen-bond donors (Lipinski definition) is 0. The Hall–Kier alpha value is -3.02. The number of esters is 1. The van der Waals surface area contributed by atoms with Crippen LogP contribution in [0.2, 0.25) is 0 Å².